The van der Waals surface area contributed by atoms with Gasteiger partial charge < -0.3 is 10.1 Å². The summed E-state index contributed by atoms with van der Waals surface area (Å²) in [6, 6.07) is 4.42. The first-order valence-electron chi connectivity index (χ1n) is 6.18. The molecule has 1 aromatic carbocycles. The molecule has 1 N–H and O–H groups in total. The molecule has 0 saturated heterocycles. The summed E-state index contributed by atoms with van der Waals surface area (Å²) in [5.74, 6) is -0.338. The Morgan fingerprint density at radius 1 is 1.35 bits per heavy atom. The fourth-order valence-corrected chi connectivity index (χ4v) is 2.65. The molecular weight excluding hydrogens is 301 g/mol. The van der Waals surface area contributed by atoms with E-state index in [0.717, 1.165) is 24.5 Å². The predicted molar refractivity (Wildman–Crippen MR) is 78.8 cm³/mol. The molecular formula is C13H15ClFN3OS. The van der Waals surface area contributed by atoms with Crippen LogP contribution in [0.4, 0.5) is 4.39 Å². The third kappa shape index (κ3) is 4.21. The van der Waals surface area contributed by atoms with E-state index in [0.29, 0.717) is 22.2 Å². The zero-order valence-electron chi connectivity index (χ0n) is 11.0. The highest BCUT2D eigenvalue weighted by Gasteiger charge is 2.11. The van der Waals surface area contributed by atoms with Gasteiger partial charge in [-0.1, -0.05) is 22.9 Å². The van der Waals surface area contributed by atoms with Crippen molar-refractivity contribution < 1.29 is 9.13 Å². The Balaban J connectivity index is 1.96. The topological polar surface area (TPSA) is 47.0 Å². The maximum Gasteiger partial charge on any atom is 0.150 e. The Kier molecular flexibility index (Phi) is 5.85. The molecule has 0 bridgehead atoms. The summed E-state index contributed by atoms with van der Waals surface area (Å²) in [6.45, 7) is 2.26. The molecule has 4 nitrogen and oxygen atoms in total. The molecule has 7 heteroatoms. The molecule has 2 rings (SSSR count). The van der Waals surface area contributed by atoms with Crippen molar-refractivity contribution in [2.75, 3.05) is 26.8 Å². The standard InChI is InChI=1S/C13H15ClFN3OS/c1-19-7-6-16-5-4-12-17-18-13(20-12)10-8-9(14)2-3-11(10)15/h2-3,8,16H,4-7H2,1H3. The van der Waals surface area contributed by atoms with Gasteiger partial charge in [-0.3, -0.25) is 0 Å². The van der Waals surface area contributed by atoms with Crippen molar-refractivity contribution >= 4 is 22.9 Å². The first-order chi connectivity index (χ1) is 9.70. The monoisotopic (exact) mass is 315 g/mol. The molecule has 0 spiro atoms. The number of rotatable bonds is 7. The Bertz CT molecular complexity index is 564. The van der Waals surface area contributed by atoms with Crippen LogP contribution >= 0.6 is 22.9 Å². The quantitative estimate of drug-likeness (QED) is 0.798. The summed E-state index contributed by atoms with van der Waals surface area (Å²) in [6.07, 6.45) is 0.754. The van der Waals surface area contributed by atoms with Gasteiger partial charge in [0.15, 0.2) is 5.01 Å². The van der Waals surface area contributed by atoms with Crippen LogP contribution in [0.5, 0.6) is 0 Å². The normalized spacial score (nSPS) is 10.9. The maximum absolute atomic E-state index is 13.7. The van der Waals surface area contributed by atoms with Gasteiger partial charge in [0.05, 0.1) is 6.61 Å². The Morgan fingerprint density at radius 2 is 2.20 bits per heavy atom. The summed E-state index contributed by atoms with van der Waals surface area (Å²) < 4.78 is 18.6. The van der Waals surface area contributed by atoms with E-state index < -0.39 is 0 Å². The van der Waals surface area contributed by atoms with Gasteiger partial charge in [-0.15, -0.1) is 10.2 Å². The highest BCUT2D eigenvalue weighted by Crippen LogP contribution is 2.28. The zero-order valence-corrected chi connectivity index (χ0v) is 12.6. The van der Waals surface area contributed by atoms with Crippen LogP contribution in [0, 0.1) is 5.82 Å². The summed E-state index contributed by atoms with van der Waals surface area (Å²) in [7, 11) is 1.66. The average Bonchev–Trinajstić information content (AvgIpc) is 2.90. The maximum atomic E-state index is 13.7. The van der Waals surface area contributed by atoms with Crippen LogP contribution in [0.15, 0.2) is 18.2 Å². The van der Waals surface area contributed by atoms with Crippen molar-refractivity contribution in [1.82, 2.24) is 15.5 Å². The van der Waals surface area contributed by atoms with Gasteiger partial charge in [0.1, 0.15) is 10.8 Å². The van der Waals surface area contributed by atoms with Gasteiger partial charge in [-0.25, -0.2) is 4.39 Å². The first kappa shape index (κ1) is 15.3. The lowest BCUT2D eigenvalue weighted by molar-refractivity contribution is 0.199. The van der Waals surface area contributed by atoms with Gasteiger partial charge in [-0.05, 0) is 18.2 Å². The number of hydrogen-bond acceptors (Lipinski definition) is 5. The predicted octanol–water partition coefficient (Wildman–Crippen LogP) is 2.78. The summed E-state index contributed by atoms with van der Waals surface area (Å²) in [4.78, 5) is 0. The summed E-state index contributed by atoms with van der Waals surface area (Å²) in [5, 5.41) is 13.2. The second-order valence-corrected chi connectivity index (χ2v) is 5.62. The van der Waals surface area contributed by atoms with E-state index in [2.05, 4.69) is 15.5 Å². The van der Waals surface area contributed by atoms with E-state index in [1.54, 1.807) is 13.2 Å². The number of aromatic nitrogens is 2. The molecule has 0 atom stereocenters. The van der Waals surface area contributed by atoms with E-state index in [4.69, 9.17) is 16.3 Å². The lowest BCUT2D eigenvalue weighted by Crippen LogP contribution is -2.21. The van der Waals surface area contributed by atoms with E-state index in [1.807, 2.05) is 0 Å². The third-order valence-corrected chi connectivity index (χ3v) is 3.88. The average molecular weight is 316 g/mol. The molecule has 2 aromatic rings. The van der Waals surface area contributed by atoms with Crippen LogP contribution in [0.25, 0.3) is 10.6 Å². The van der Waals surface area contributed by atoms with Crippen LogP contribution in [0.3, 0.4) is 0 Å². The number of ether oxygens (including phenoxy) is 1. The fourth-order valence-electron chi connectivity index (χ4n) is 1.62. The van der Waals surface area contributed by atoms with Gasteiger partial charge >= 0.3 is 0 Å². The van der Waals surface area contributed by atoms with Gasteiger partial charge in [0.25, 0.3) is 0 Å². The third-order valence-electron chi connectivity index (χ3n) is 2.62. The van der Waals surface area contributed by atoms with Gasteiger partial charge in [0.2, 0.25) is 0 Å². The molecule has 0 aliphatic heterocycles. The lowest BCUT2D eigenvalue weighted by atomic mass is 10.2. The van der Waals surface area contributed by atoms with Crippen molar-refractivity contribution in [3.8, 4) is 10.6 Å². The highest BCUT2D eigenvalue weighted by molar-refractivity contribution is 7.14. The minimum atomic E-state index is -0.338. The van der Waals surface area contributed by atoms with E-state index in [-0.39, 0.29) is 5.82 Å². The van der Waals surface area contributed by atoms with Crippen molar-refractivity contribution in [3.63, 3.8) is 0 Å². The fraction of sp³-hybridized carbons (Fsp3) is 0.385. The van der Waals surface area contributed by atoms with Gasteiger partial charge in [0, 0.05) is 37.2 Å². The van der Waals surface area contributed by atoms with Crippen molar-refractivity contribution in [2.24, 2.45) is 0 Å². The number of nitrogens with one attached hydrogen (secondary N) is 1. The first-order valence-corrected chi connectivity index (χ1v) is 7.37. The van der Waals surface area contributed by atoms with Crippen LogP contribution in [0.1, 0.15) is 5.01 Å². The van der Waals surface area contributed by atoms with Crippen molar-refractivity contribution in [1.29, 1.82) is 0 Å². The zero-order chi connectivity index (χ0) is 14.4. The number of benzene rings is 1. The van der Waals surface area contributed by atoms with Crippen LogP contribution in [0.2, 0.25) is 5.02 Å². The lowest BCUT2D eigenvalue weighted by Gasteiger charge is -2.01. The molecule has 1 heterocycles. The van der Waals surface area contributed by atoms with E-state index in [1.165, 1.54) is 23.5 Å². The molecule has 0 saturated carbocycles. The largest absolute Gasteiger partial charge is 0.383 e. The van der Waals surface area contributed by atoms with Crippen molar-refractivity contribution in [3.05, 3.63) is 34.0 Å². The molecule has 0 unspecified atom stereocenters. The van der Waals surface area contributed by atoms with Crippen molar-refractivity contribution in [2.45, 2.75) is 6.42 Å². The van der Waals surface area contributed by atoms with Crippen LogP contribution < -0.4 is 5.32 Å². The Hall–Kier alpha value is -1.08. The summed E-state index contributed by atoms with van der Waals surface area (Å²) >= 11 is 7.25. The summed E-state index contributed by atoms with van der Waals surface area (Å²) in [5.41, 5.74) is 0.397. The second-order valence-electron chi connectivity index (χ2n) is 4.12. The minimum Gasteiger partial charge on any atom is -0.383 e. The Labute approximate surface area is 125 Å². The molecule has 108 valence electrons. The number of nitrogens with zero attached hydrogens (tertiary/aromatic N) is 2. The molecule has 0 radical (unpaired) electrons. The molecule has 0 aliphatic rings. The Morgan fingerprint density at radius 3 is 3.00 bits per heavy atom. The molecule has 0 amide bonds. The molecule has 20 heavy (non-hydrogen) atoms. The molecule has 0 aliphatic carbocycles. The molecule has 0 fully saturated rings. The smallest absolute Gasteiger partial charge is 0.150 e. The second kappa shape index (κ2) is 7.64. The van der Waals surface area contributed by atoms with E-state index in [9.17, 15) is 4.39 Å². The molecule has 1 aromatic heterocycles. The van der Waals surface area contributed by atoms with Crippen LogP contribution in [-0.4, -0.2) is 37.0 Å². The van der Waals surface area contributed by atoms with Crippen LogP contribution in [-0.2, 0) is 11.2 Å². The van der Waals surface area contributed by atoms with Gasteiger partial charge in [-0.2, -0.15) is 0 Å². The number of halogens is 2. The number of methoxy groups -OCH3 is 1. The minimum absolute atomic E-state index is 0.338. The van der Waals surface area contributed by atoms with E-state index >= 15 is 0 Å². The highest BCUT2D eigenvalue weighted by atomic mass is 35.5. The number of hydrogen-bond donors (Lipinski definition) is 1. The SMILES string of the molecule is COCCNCCc1nnc(-c2cc(Cl)ccc2F)s1.